The van der Waals surface area contributed by atoms with E-state index in [1.54, 1.807) is 6.92 Å². The maximum atomic E-state index is 13.0. The van der Waals surface area contributed by atoms with Crippen molar-refractivity contribution in [2.45, 2.75) is 70.6 Å². The Morgan fingerprint density at radius 2 is 1.89 bits per heavy atom. The fraction of sp³-hybridized carbons (Fsp3) is 0.545. The smallest absolute Gasteiger partial charge is 0.330 e. The second kappa shape index (κ2) is 10.3. The van der Waals surface area contributed by atoms with Crippen molar-refractivity contribution in [1.29, 1.82) is 0 Å². The molecule has 0 spiro atoms. The van der Waals surface area contributed by atoms with E-state index in [0.29, 0.717) is 16.1 Å². The number of rotatable bonds is 8. The minimum atomic E-state index is -2.17. The van der Waals surface area contributed by atoms with E-state index in [2.05, 4.69) is 49.5 Å². The Labute approximate surface area is 208 Å². The normalized spacial score (nSPS) is 20.9. The lowest BCUT2D eigenvalue weighted by Crippen LogP contribution is -2.45. The van der Waals surface area contributed by atoms with Gasteiger partial charge in [-0.05, 0) is 37.2 Å². The molecule has 0 amide bonds. The SMILES string of the molecule is Cc1cn(C2CC(/[N+]([O-])=N/Nc3ccc([N+](=O)[O-])cc3)C(CO[Si](C)(C)C(C)(C)C)O2)c(=O)[nH]c1=O. The van der Waals surface area contributed by atoms with Crippen molar-refractivity contribution in [2.24, 2.45) is 5.22 Å². The van der Waals surface area contributed by atoms with Crippen LogP contribution in [0.1, 0.15) is 39.0 Å². The van der Waals surface area contributed by atoms with Crippen LogP contribution in [0.15, 0.2) is 45.3 Å². The minimum Gasteiger partial charge on any atom is -0.696 e. The van der Waals surface area contributed by atoms with Gasteiger partial charge in [0.25, 0.3) is 11.2 Å². The molecule has 0 bridgehead atoms. The van der Waals surface area contributed by atoms with Crippen molar-refractivity contribution in [2.75, 3.05) is 12.0 Å². The predicted octanol–water partition coefficient (Wildman–Crippen LogP) is 3.42. The van der Waals surface area contributed by atoms with E-state index in [1.165, 1.54) is 35.0 Å². The lowest BCUT2D eigenvalue weighted by Gasteiger charge is -2.37. The molecule has 1 aliphatic rings. The first-order valence-corrected chi connectivity index (χ1v) is 14.4. The number of aromatic amines is 1. The molecule has 1 saturated heterocycles. The van der Waals surface area contributed by atoms with Crippen LogP contribution in [-0.4, -0.2) is 46.4 Å². The Kier molecular flexibility index (Phi) is 7.81. The highest BCUT2D eigenvalue weighted by molar-refractivity contribution is 6.74. The zero-order valence-corrected chi connectivity index (χ0v) is 22.2. The number of hydrogen-bond acceptors (Lipinski definition) is 8. The van der Waals surface area contributed by atoms with Gasteiger partial charge < -0.3 is 14.4 Å². The molecule has 36 heavy (non-hydrogen) atoms. The first-order valence-electron chi connectivity index (χ1n) is 11.5. The number of nitrogens with one attached hydrogen (secondary N) is 2. The minimum absolute atomic E-state index is 0.0630. The number of nitrogens with zero attached hydrogens (tertiary/aromatic N) is 4. The molecule has 3 atom stereocenters. The highest BCUT2D eigenvalue weighted by atomic mass is 28.4. The van der Waals surface area contributed by atoms with Crippen molar-refractivity contribution in [3.05, 3.63) is 72.2 Å². The van der Waals surface area contributed by atoms with E-state index in [-0.39, 0.29) is 23.8 Å². The van der Waals surface area contributed by atoms with Crippen LogP contribution in [0.3, 0.4) is 0 Å². The quantitative estimate of drug-likeness (QED) is 0.175. The van der Waals surface area contributed by atoms with E-state index in [1.807, 2.05) is 0 Å². The molecule has 0 radical (unpaired) electrons. The summed E-state index contributed by atoms with van der Waals surface area (Å²) in [6.07, 6.45) is 0.00743. The lowest BCUT2D eigenvalue weighted by molar-refractivity contribution is -0.571. The number of H-pyrrole nitrogens is 1. The molecule has 2 heterocycles. The summed E-state index contributed by atoms with van der Waals surface area (Å²) < 4.78 is 13.6. The topological polar surface area (TPSA) is 167 Å². The number of nitro groups is 1. The van der Waals surface area contributed by atoms with Gasteiger partial charge in [0.05, 0.1) is 16.8 Å². The van der Waals surface area contributed by atoms with Gasteiger partial charge in [-0.25, -0.2) is 4.79 Å². The van der Waals surface area contributed by atoms with E-state index in [9.17, 15) is 24.9 Å². The van der Waals surface area contributed by atoms with Gasteiger partial charge in [0.2, 0.25) is 0 Å². The van der Waals surface area contributed by atoms with Gasteiger partial charge in [-0.1, -0.05) is 20.8 Å². The summed E-state index contributed by atoms with van der Waals surface area (Å²) in [6.45, 7) is 12.2. The summed E-state index contributed by atoms with van der Waals surface area (Å²) in [5, 5.41) is 27.7. The number of hydrogen-bond donors (Lipinski definition) is 2. The van der Waals surface area contributed by atoms with Gasteiger partial charge in [-0.2, -0.15) is 4.86 Å². The Morgan fingerprint density at radius 1 is 1.25 bits per heavy atom. The zero-order chi connectivity index (χ0) is 26.8. The highest BCUT2D eigenvalue weighted by Gasteiger charge is 2.44. The Bertz CT molecular complexity index is 1250. The monoisotopic (exact) mass is 520 g/mol. The third-order valence-corrected chi connectivity index (χ3v) is 11.2. The van der Waals surface area contributed by atoms with E-state index in [4.69, 9.17) is 9.16 Å². The standard InChI is InChI=1S/C22H32N6O7Si/c1-14-12-26(21(30)23-20(14)29)19-11-17(18(35-19)13-34-36(5,6)22(2,3)4)27(31)25-24-15-7-9-16(10-8-15)28(32)33/h7-10,12,17-19,24H,11,13H2,1-6H3,(H,23,29,30)/b27-25-. The predicted molar refractivity (Wildman–Crippen MR) is 134 cm³/mol. The number of hydroxylamine groups is 1. The number of non-ortho nitro benzene ring substituents is 1. The second-order valence-corrected chi connectivity index (χ2v) is 15.1. The van der Waals surface area contributed by atoms with Crippen LogP contribution >= 0.6 is 0 Å². The molecule has 1 aromatic heterocycles. The van der Waals surface area contributed by atoms with Gasteiger partial charge in [-0.15, -0.1) is 5.43 Å². The zero-order valence-electron chi connectivity index (χ0n) is 21.2. The molecule has 0 aliphatic carbocycles. The summed E-state index contributed by atoms with van der Waals surface area (Å²) in [4.78, 5) is 37.2. The maximum Gasteiger partial charge on any atom is 0.330 e. The number of ether oxygens (including phenoxy) is 1. The number of nitro benzene ring substituents is 1. The summed E-state index contributed by atoms with van der Waals surface area (Å²) in [5.41, 5.74) is 2.10. The fourth-order valence-corrected chi connectivity index (χ4v) is 4.43. The molecule has 2 N–H and O–H groups in total. The van der Waals surface area contributed by atoms with Crippen LogP contribution in [-0.2, 0) is 9.16 Å². The highest BCUT2D eigenvalue weighted by Crippen LogP contribution is 2.38. The van der Waals surface area contributed by atoms with Crippen molar-refractivity contribution in [3.63, 3.8) is 0 Å². The van der Waals surface area contributed by atoms with E-state index < -0.39 is 42.9 Å². The van der Waals surface area contributed by atoms with Gasteiger partial charge in [0, 0.05) is 30.3 Å². The third-order valence-electron chi connectivity index (χ3n) is 6.71. The molecule has 196 valence electrons. The molecule has 14 heteroatoms. The van der Waals surface area contributed by atoms with E-state index in [0.717, 1.165) is 0 Å². The Hall–Kier alpha value is -3.36. The maximum absolute atomic E-state index is 13.0. The molecular weight excluding hydrogens is 488 g/mol. The van der Waals surface area contributed by atoms with Crippen LogP contribution in [0.25, 0.3) is 0 Å². The van der Waals surface area contributed by atoms with Gasteiger partial charge in [0.15, 0.2) is 14.4 Å². The molecule has 1 aliphatic heterocycles. The number of aryl methyl sites for hydroxylation is 1. The van der Waals surface area contributed by atoms with Crippen LogP contribution in [0.4, 0.5) is 11.4 Å². The number of aromatic nitrogens is 2. The fourth-order valence-electron chi connectivity index (χ4n) is 3.41. The molecule has 1 aromatic carbocycles. The van der Waals surface area contributed by atoms with Gasteiger partial charge >= 0.3 is 5.69 Å². The van der Waals surface area contributed by atoms with Crippen LogP contribution in [0, 0.1) is 22.2 Å². The molecule has 13 nitrogen and oxygen atoms in total. The number of benzene rings is 1. The lowest BCUT2D eigenvalue weighted by atomic mass is 10.1. The van der Waals surface area contributed by atoms with Crippen LogP contribution in [0.5, 0.6) is 0 Å². The second-order valence-electron chi connectivity index (χ2n) is 10.3. The molecule has 3 rings (SSSR count). The Balaban J connectivity index is 1.85. The summed E-state index contributed by atoms with van der Waals surface area (Å²) in [7, 11) is -2.17. The van der Waals surface area contributed by atoms with E-state index >= 15 is 0 Å². The number of anilines is 1. The van der Waals surface area contributed by atoms with Crippen molar-refractivity contribution < 1.29 is 18.9 Å². The van der Waals surface area contributed by atoms with Crippen molar-refractivity contribution in [1.82, 2.24) is 9.55 Å². The van der Waals surface area contributed by atoms with Gasteiger partial charge in [0.1, 0.15) is 18.0 Å². The molecular formula is C22H32N6O7Si. The first kappa shape index (κ1) is 27.2. The average molecular weight is 521 g/mol. The van der Waals surface area contributed by atoms with Crippen LogP contribution < -0.4 is 16.7 Å². The average Bonchev–Trinajstić information content (AvgIpc) is 3.22. The first-order chi connectivity index (χ1) is 16.7. The molecule has 3 unspecified atom stereocenters. The van der Waals surface area contributed by atoms with Crippen molar-refractivity contribution >= 4 is 19.7 Å². The molecule has 2 aromatic rings. The van der Waals surface area contributed by atoms with Crippen LogP contribution in [0.2, 0.25) is 18.1 Å². The Morgan fingerprint density at radius 3 is 2.47 bits per heavy atom. The van der Waals surface area contributed by atoms with Crippen molar-refractivity contribution in [3.8, 4) is 0 Å². The molecule has 1 fully saturated rings. The third kappa shape index (κ3) is 6.06. The molecule has 0 saturated carbocycles. The largest absolute Gasteiger partial charge is 0.696 e. The summed E-state index contributed by atoms with van der Waals surface area (Å²) in [5.74, 6) is 0. The van der Waals surface area contributed by atoms with Gasteiger partial charge in [-0.3, -0.25) is 24.5 Å². The summed E-state index contributed by atoms with van der Waals surface area (Å²) >= 11 is 0. The summed E-state index contributed by atoms with van der Waals surface area (Å²) in [6, 6.07) is 4.66.